The van der Waals surface area contributed by atoms with Gasteiger partial charge < -0.3 is 4.74 Å². The maximum Gasteiger partial charge on any atom is 0.306 e. The largest absolute Gasteiger partial charge is 0.466 e. The third-order valence-electron chi connectivity index (χ3n) is 4.57. The minimum absolute atomic E-state index is 0.00109. The molecular formula is C19H28O2. The molecule has 0 bridgehead atoms. The Morgan fingerprint density at radius 2 is 1.90 bits per heavy atom. The molecule has 1 fully saturated rings. The lowest BCUT2D eigenvalue weighted by atomic mass is 9.79. The Balaban J connectivity index is 1.82. The van der Waals surface area contributed by atoms with E-state index in [2.05, 4.69) is 38.1 Å². The minimum atomic E-state index is -0.0807. The van der Waals surface area contributed by atoms with E-state index in [9.17, 15) is 4.79 Å². The molecule has 1 aromatic carbocycles. The Bertz CT molecular complexity index is 455. The molecule has 1 aliphatic rings. The summed E-state index contributed by atoms with van der Waals surface area (Å²) in [6.07, 6.45) is 6.62. The normalized spacial score (nSPS) is 15.6. The van der Waals surface area contributed by atoms with Gasteiger partial charge in [-0.15, -0.1) is 0 Å². The molecule has 1 aromatic rings. The number of ether oxygens (including phenoxy) is 1. The van der Waals surface area contributed by atoms with Crippen molar-refractivity contribution in [2.75, 3.05) is 6.61 Å². The lowest BCUT2D eigenvalue weighted by Gasteiger charge is -2.26. The van der Waals surface area contributed by atoms with Crippen LogP contribution in [0.2, 0.25) is 0 Å². The van der Waals surface area contributed by atoms with Gasteiger partial charge in [-0.1, -0.05) is 44.5 Å². The van der Waals surface area contributed by atoms with E-state index in [-0.39, 0.29) is 11.4 Å². The third-order valence-corrected chi connectivity index (χ3v) is 4.57. The summed E-state index contributed by atoms with van der Waals surface area (Å²) in [7, 11) is 0. The molecule has 116 valence electrons. The monoisotopic (exact) mass is 288 g/mol. The molecule has 0 N–H and O–H groups in total. The molecule has 0 atom stereocenters. The van der Waals surface area contributed by atoms with E-state index in [1.807, 2.05) is 6.92 Å². The van der Waals surface area contributed by atoms with Crippen molar-refractivity contribution in [1.82, 2.24) is 0 Å². The van der Waals surface area contributed by atoms with Crippen molar-refractivity contribution in [1.29, 1.82) is 0 Å². The highest BCUT2D eigenvalue weighted by atomic mass is 16.5. The maximum absolute atomic E-state index is 11.6. The van der Waals surface area contributed by atoms with Crippen LogP contribution in [0.5, 0.6) is 0 Å². The number of hydrogen-bond acceptors (Lipinski definition) is 2. The molecule has 1 saturated carbocycles. The summed E-state index contributed by atoms with van der Waals surface area (Å²) in [6, 6.07) is 9.09. The van der Waals surface area contributed by atoms with Gasteiger partial charge in [-0.3, -0.25) is 4.79 Å². The van der Waals surface area contributed by atoms with Crippen molar-refractivity contribution in [2.45, 2.75) is 65.2 Å². The maximum atomic E-state index is 11.6. The molecule has 21 heavy (non-hydrogen) atoms. The van der Waals surface area contributed by atoms with Gasteiger partial charge in [0.2, 0.25) is 0 Å². The first-order chi connectivity index (χ1) is 10.00. The molecule has 0 saturated heterocycles. The first kappa shape index (κ1) is 16.1. The van der Waals surface area contributed by atoms with Crippen LogP contribution >= 0.6 is 0 Å². The molecule has 0 heterocycles. The van der Waals surface area contributed by atoms with E-state index in [1.54, 1.807) is 0 Å². The molecule has 0 aromatic heterocycles. The second-order valence-corrected chi connectivity index (χ2v) is 7.02. The summed E-state index contributed by atoms with van der Waals surface area (Å²) < 4.78 is 5.05. The molecule has 2 heteroatoms. The van der Waals surface area contributed by atoms with Crippen LogP contribution in [0.4, 0.5) is 0 Å². The van der Waals surface area contributed by atoms with E-state index in [4.69, 9.17) is 4.74 Å². The number of esters is 1. The number of aryl methyl sites for hydroxylation is 1. The Morgan fingerprint density at radius 1 is 1.24 bits per heavy atom. The Kier molecular flexibility index (Phi) is 5.44. The molecule has 0 aliphatic heterocycles. The van der Waals surface area contributed by atoms with Crippen molar-refractivity contribution < 1.29 is 9.53 Å². The zero-order valence-electron chi connectivity index (χ0n) is 13.7. The van der Waals surface area contributed by atoms with Crippen LogP contribution in [0.25, 0.3) is 0 Å². The summed E-state index contributed by atoms with van der Waals surface area (Å²) in [6.45, 7) is 6.62. The SMILES string of the molecule is CCOC(=O)CC(C)(C)CCc1ccc(C2CCC2)cc1. The van der Waals surface area contributed by atoms with Crippen LogP contribution in [0.15, 0.2) is 24.3 Å². The average Bonchev–Trinajstić information content (AvgIpc) is 2.35. The van der Waals surface area contributed by atoms with Gasteiger partial charge in [-0.2, -0.15) is 0 Å². The predicted molar refractivity (Wildman–Crippen MR) is 86.4 cm³/mol. The van der Waals surface area contributed by atoms with Gasteiger partial charge in [-0.05, 0) is 55.1 Å². The van der Waals surface area contributed by atoms with Crippen molar-refractivity contribution in [3.8, 4) is 0 Å². The molecule has 2 nitrogen and oxygen atoms in total. The Labute approximate surface area is 128 Å². The summed E-state index contributed by atoms with van der Waals surface area (Å²) in [5.41, 5.74) is 2.87. The van der Waals surface area contributed by atoms with Gasteiger partial charge >= 0.3 is 5.97 Å². The fourth-order valence-corrected chi connectivity index (χ4v) is 2.87. The zero-order chi connectivity index (χ0) is 15.3. The highest BCUT2D eigenvalue weighted by Crippen LogP contribution is 2.36. The first-order valence-electron chi connectivity index (χ1n) is 8.24. The van der Waals surface area contributed by atoms with Gasteiger partial charge in [0.05, 0.1) is 13.0 Å². The van der Waals surface area contributed by atoms with Gasteiger partial charge in [-0.25, -0.2) is 0 Å². The van der Waals surface area contributed by atoms with Crippen LogP contribution in [-0.4, -0.2) is 12.6 Å². The fraction of sp³-hybridized carbons (Fsp3) is 0.632. The standard InChI is InChI=1S/C19H28O2/c1-4-21-18(20)14-19(2,3)13-12-15-8-10-17(11-9-15)16-6-5-7-16/h8-11,16H,4-7,12-14H2,1-3H3. The predicted octanol–water partition coefficient (Wildman–Crippen LogP) is 4.87. The summed E-state index contributed by atoms with van der Waals surface area (Å²) in [4.78, 5) is 11.6. The molecule has 2 rings (SSSR count). The van der Waals surface area contributed by atoms with Gasteiger partial charge in [0.25, 0.3) is 0 Å². The van der Waals surface area contributed by atoms with Crippen LogP contribution in [0, 0.1) is 5.41 Å². The van der Waals surface area contributed by atoms with Gasteiger partial charge in [0.15, 0.2) is 0 Å². The van der Waals surface area contributed by atoms with Crippen LogP contribution in [0.1, 0.15) is 69.9 Å². The van der Waals surface area contributed by atoms with Crippen LogP contribution in [0.3, 0.4) is 0 Å². The zero-order valence-corrected chi connectivity index (χ0v) is 13.7. The van der Waals surface area contributed by atoms with Crippen molar-refractivity contribution in [2.24, 2.45) is 5.41 Å². The van der Waals surface area contributed by atoms with Crippen LogP contribution < -0.4 is 0 Å². The highest BCUT2D eigenvalue weighted by Gasteiger charge is 2.23. The topological polar surface area (TPSA) is 26.3 Å². The second-order valence-electron chi connectivity index (χ2n) is 7.02. The number of hydrogen-bond donors (Lipinski definition) is 0. The smallest absolute Gasteiger partial charge is 0.306 e. The molecule has 0 amide bonds. The Morgan fingerprint density at radius 3 is 2.43 bits per heavy atom. The fourth-order valence-electron chi connectivity index (χ4n) is 2.87. The first-order valence-corrected chi connectivity index (χ1v) is 8.24. The molecule has 0 radical (unpaired) electrons. The molecule has 1 aliphatic carbocycles. The third kappa shape index (κ3) is 4.87. The van der Waals surface area contributed by atoms with Gasteiger partial charge in [0.1, 0.15) is 0 Å². The van der Waals surface area contributed by atoms with Crippen molar-refractivity contribution in [3.05, 3.63) is 35.4 Å². The minimum Gasteiger partial charge on any atom is -0.466 e. The summed E-state index contributed by atoms with van der Waals surface area (Å²) in [5.74, 6) is 0.724. The summed E-state index contributed by atoms with van der Waals surface area (Å²) >= 11 is 0. The Hall–Kier alpha value is -1.31. The average molecular weight is 288 g/mol. The van der Waals surface area contributed by atoms with E-state index in [0.29, 0.717) is 13.0 Å². The van der Waals surface area contributed by atoms with Crippen molar-refractivity contribution in [3.63, 3.8) is 0 Å². The number of rotatable bonds is 7. The van der Waals surface area contributed by atoms with Crippen molar-refractivity contribution >= 4 is 5.97 Å². The summed E-state index contributed by atoms with van der Waals surface area (Å²) in [5, 5.41) is 0. The van der Waals surface area contributed by atoms with E-state index in [0.717, 1.165) is 18.8 Å². The van der Waals surface area contributed by atoms with E-state index in [1.165, 1.54) is 30.4 Å². The number of carbonyl (C=O) groups excluding carboxylic acids is 1. The number of carbonyl (C=O) groups is 1. The van der Waals surface area contributed by atoms with E-state index >= 15 is 0 Å². The molecule has 0 spiro atoms. The van der Waals surface area contributed by atoms with Crippen LogP contribution in [-0.2, 0) is 16.0 Å². The lowest BCUT2D eigenvalue weighted by Crippen LogP contribution is -2.19. The molecular weight excluding hydrogens is 260 g/mol. The number of benzene rings is 1. The second kappa shape index (κ2) is 7.11. The van der Waals surface area contributed by atoms with Gasteiger partial charge in [0, 0.05) is 0 Å². The molecule has 0 unspecified atom stereocenters. The van der Waals surface area contributed by atoms with E-state index < -0.39 is 0 Å². The lowest BCUT2D eigenvalue weighted by molar-refractivity contribution is -0.145. The highest BCUT2D eigenvalue weighted by molar-refractivity contribution is 5.70. The quantitative estimate of drug-likeness (QED) is 0.669.